The Balaban J connectivity index is 1.93. The van der Waals surface area contributed by atoms with E-state index < -0.39 is 10.0 Å². The number of piperidine rings is 1. The first-order valence-corrected chi connectivity index (χ1v) is 10.2. The predicted octanol–water partition coefficient (Wildman–Crippen LogP) is 2.25. The first-order chi connectivity index (χ1) is 11.8. The van der Waals surface area contributed by atoms with E-state index in [0.717, 1.165) is 19.3 Å². The number of nitrogens with one attached hydrogen (secondary N) is 1. The molecule has 2 fully saturated rings. The molecule has 1 saturated heterocycles. The quantitative estimate of drug-likeness (QED) is 0.867. The topological polar surface area (TPSA) is 75.7 Å². The van der Waals surface area contributed by atoms with Crippen LogP contribution in [0.15, 0.2) is 23.1 Å². The van der Waals surface area contributed by atoms with Gasteiger partial charge in [-0.3, -0.25) is 4.79 Å². The number of benzene rings is 1. The second-order valence-corrected chi connectivity index (χ2v) is 9.29. The number of carbonyl (C=O) groups excluding carboxylic acids is 1. The smallest absolute Gasteiger partial charge is 0.251 e. The molecule has 0 aromatic heterocycles. The summed E-state index contributed by atoms with van der Waals surface area (Å²) < 4.78 is 33.2. The summed E-state index contributed by atoms with van der Waals surface area (Å²) in [7, 11) is -2.27. The van der Waals surface area contributed by atoms with Gasteiger partial charge in [-0.2, -0.15) is 4.31 Å². The third-order valence-corrected chi connectivity index (χ3v) is 6.64. The molecule has 7 heteroatoms. The van der Waals surface area contributed by atoms with Crippen molar-refractivity contribution in [3.05, 3.63) is 23.8 Å². The van der Waals surface area contributed by atoms with Crippen molar-refractivity contribution in [2.24, 2.45) is 11.8 Å². The van der Waals surface area contributed by atoms with Crippen molar-refractivity contribution in [3.8, 4) is 5.75 Å². The highest BCUT2D eigenvalue weighted by atomic mass is 32.2. The van der Waals surface area contributed by atoms with E-state index >= 15 is 0 Å². The summed E-state index contributed by atoms with van der Waals surface area (Å²) in [4.78, 5) is 12.4. The average molecular weight is 366 g/mol. The molecule has 0 spiro atoms. The Morgan fingerprint density at radius 3 is 2.40 bits per heavy atom. The van der Waals surface area contributed by atoms with E-state index in [-0.39, 0.29) is 22.6 Å². The van der Waals surface area contributed by atoms with Crippen molar-refractivity contribution in [1.82, 2.24) is 9.62 Å². The molecule has 2 unspecified atom stereocenters. The molecule has 3 rings (SSSR count). The van der Waals surface area contributed by atoms with E-state index in [1.54, 1.807) is 12.1 Å². The van der Waals surface area contributed by atoms with E-state index in [0.29, 0.717) is 30.5 Å². The van der Waals surface area contributed by atoms with Crippen molar-refractivity contribution in [2.75, 3.05) is 20.2 Å². The molecule has 0 bridgehead atoms. The third kappa shape index (κ3) is 3.98. The van der Waals surface area contributed by atoms with Gasteiger partial charge in [0.2, 0.25) is 10.0 Å². The monoisotopic (exact) mass is 366 g/mol. The van der Waals surface area contributed by atoms with E-state index in [2.05, 4.69) is 19.2 Å². The second-order valence-electron chi connectivity index (χ2n) is 7.38. The van der Waals surface area contributed by atoms with Crippen LogP contribution >= 0.6 is 0 Å². The molecule has 1 saturated carbocycles. The fourth-order valence-corrected chi connectivity index (χ4v) is 5.32. The lowest BCUT2D eigenvalue weighted by Gasteiger charge is -2.34. The van der Waals surface area contributed by atoms with Gasteiger partial charge in [-0.05, 0) is 49.3 Å². The number of methoxy groups -OCH3 is 1. The number of nitrogens with zero attached hydrogens (tertiary/aromatic N) is 1. The first-order valence-electron chi connectivity index (χ1n) is 8.80. The minimum atomic E-state index is -3.71. The van der Waals surface area contributed by atoms with Gasteiger partial charge in [0.1, 0.15) is 10.6 Å². The van der Waals surface area contributed by atoms with Crippen molar-refractivity contribution in [1.29, 1.82) is 0 Å². The van der Waals surface area contributed by atoms with Crippen LogP contribution in [-0.2, 0) is 10.0 Å². The Kier molecular flexibility index (Phi) is 5.06. The van der Waals surface area contributed by atoms with Gasteiger partial charge in [-0.25, -0.2) is 8.42 Å². The number of carbonyl (C=O) groups is 1. The summed E-state index contributed by atoms with van der Waals surface area (Å²) in [5, 5.41) is 2.89. The molecule has 1 aromatic rings. The number of sulfonamides is 1. The van der Waals surface area contributed by atoms with Crippen LogP contribution in [0.5, 0.6) is 5.75 Å². The molecular weight excluding hydrogens is 340 g/mol. The van der Waals surface area contributed by atoms with Gasteiger partial charge < -0.3 is 10.1 Å². The van der Waals surface area contributed by atoms with E-state index in [1.165, 1.54) is 17.5 Å². The average Bonchev–Trinajstić information content (AvgIpc) is 3.37. The highest BCUT2D eigenvalue weighted by molar-refractivity contribution is 7.89. The molecule has 138 valence electrons. The van der Waals surface area contributed by atoms with Crippen LogP contribution in [0.25, 0.3) is 0 Å². The molecule has 2 aliphatic rings. The highest BCUT2D eigenvalue weighted by Crippen LogP contribution is 2.32. The lowest BCUT2D eigenvalue weighted by Crippen LogP contribution is -2.42. The van der Waals surface area contributed by atoms with Crippen LogP contribution in [0.1, 0.15) is 43.5 Å². The summed E-state index contributed by atoms with van der Waals surface area (Å²) in [6, 6.07) is 4.83. The standard InChI is InChI=1S/C18H26N2O4S/c1-12-8-13(2)11-20(10-12)25(22,23)17-9-14(4-7-16(17)24-3)18(21)19-15-5-6-15/h4,7,9,12-13,15H,5-6,8,10-11H2,1-3H3,(H,19,21). The van der Waals surface area contributed by atoms with Gasteiger partial charge >= 0.3 is 0 Å². The van der Waals surface area contributed by atoms with Crippen LogP contribution in [0.2, 0.25) is 0 Å². The van der Waals surface area contributed by atoms with Crippen LogP contribution in [-0.4, -0.2) is 44.9 Å². The molecule has 1 N–H and O–H groups in total. The number of hydrogen-bond donors (Lipinski definition) is 1. The van der Waals surface area contributed by atoms with Crippen LogP contribution in [0.3, 0.4) is 0 Å². The van der Waals surface area contributed by atoms with Gasteiger partial charge in [0.05, 0.1) is 7.11 Å². The summed E-state index contributed by atoms with van der Waals surface area (Å²) in [6.45, 7) is 5.12. The number of ether oxygens (including phenoxy) is 1. The number of hydrogen-bond acceptors (Lipinski definition) is 4. The van der Waals surface area contributed by atoms with E-state index in [9.17, 15) is 13.2 Å². The van der Waals surface area contributed by atoms with Gasteiger partial charge in [0.15, 0.2) is 0 Å². The van der Waals surface area contributed by atoms with Crippen LogP contribution in [0.4, 0.5) is 0 Å². The predicted molar refractivity (Wildman–Crippen MR) is 95.2 cm³/mol. The van der Waals surface area contributed by atoms with Crippen LogP contribution < -0.4 is 10.1 Å². The molecule has 6 nitrogen and oxygen atoms in total. The molecule has 1 amide bonds. The molecule has 2 atom stereocenters. The van der Waals surface area contributed by atoms with Crippen LogP contribution in [0, 0.1) is 11.8 Å². The van der Waals surface area contributed by atoms with E-state index in [4.69, 9.17) is 4.74 Å². The Morgan fingerprint density at radius 1 is 1.20 bits per heavy atom. The maximum absolute atomic E-state index is 13.2. The fourth-order valence-electron chi connectivity index (χ4n) is 3.46. The zero-order valence-corrected chi connectivity index (χ0v) is 15.8. The Hall–Kier alpha value is -1.60. The largest absolute Gasteiger partial charge is 0.495 e. The van der Waals surface area contributed by atoms with Crippen molar-refractivity contribution < 1.29 is 17.9 Å². The van der Waals surface area contributed by atoms with Gasteiger partial charge in [0.25, 0.3) is 5.91 Å². The molecule has 1 heterocycles. The lowest BCUT2D eigenvalue weighted by atomic mass is 9.94. The fraction of sp³-hybridized carbons (Fsp3) is 0.611. The van der Waals surface area contributed by atoms with Crippen molar-refractivity contribution >= 4 is 15.9 Å². The molecule has 25 heavy (non-hydrogen) atoms. The first kappa shape index (κ1) is 18.2. The van der Waals surface area contributed by atoms with Gasteiger partial charge in [-0.1, -0.05) is 13.8 Å². The number of amides is 1. The lowest BCUT2D eigenvalue weighted by molar-refractivity contribution is 0.0951. The van der Waals surface area contributed by atoms with Gasteiger partial charge in [-0.15, -0.1) is 0 Å². The Bertz CT molecular complexity index is 748. The second kappa shape index (κ2) is 6.96. The SMILES string of the molecule is COc1ccc(C(=O)NC2CC2)cc1S(=O)(=O)N1CC(C)CC(C)C1. The normalized spacial score (nSPS) is 24.8. The molecule has 0 radical (unpaired) electrons. The maximum atomic E-state index is 13.2. The molecular formula is C18H26N2O4S. The summed E-state index contributed by atoms with van der Waals surface area (Å²) in [6.07, 6.45) is 2.99. The third-order valence-electron chi connectivity index (χ3n) is 4.79. The minimum absolute atomic E-state index is 0.0692. The summed E-state index contributed by atoms with van der Waals surface area (Å²) in [5.41, 5.74) is 0.351. The highest BCUT2D eigenvalue weighted by Gasteiger charge is 2.34. The summed E-state index contributed by atoms with van der Waals surface area (Å²) in [5.74, 6) is 0.660. The molecule has 1 aliphatic heterocycles. The Morgan fingerprint density at radius 2 is 1.84 bits per heavy atom. The number of rotatable bonds is 5. The minimum Gasteiger partial charge on any atom is -0.495 e. The summed E-state index contributed by atoms with van der Waals surface area (Å²) >= 11 is 0. The maximum Gasteiger partial charge on any atom is 0.251 e. The zero-order chi connectivity index (χ0) is 18.2. The molecule has 1 aliphatic carbocycles. The Labute approximate surface area is 149 Å². The van der Waals surface area contributed by atoms with Crippen molar-refractivity contribution in [3.63, 3.8) is 0 Å². The van der Waals surface area contributed by atoms with Gasteiger partial charge in [0, 0.05) is 24.7 Å². The van der Waals surface area contributed by atoms with Crippen molar-refractivity contribution in [2.45, 2.75) is 44.0 Å². The zero-order valence-electron chi connectivity index (χ0n) is 15.0. The van der Waals surface area contributed by atoms with E-state index in [1.807, 2.05) is 0 Å². The molecule has 1 aromatic carbocycles.